The largest absolute Gasteiger partial charge is 0.496 e. The van der Waals surface area contributed by atoms with Crippen molar-refractivity contribution in [3.8, 4) is 5.75 Å². The molecule has 1 saturated heterocycles. The Kier molecular flexibility index (Phi) is 14.5. The van der Waals surface area contributed by atoms with Crippen LogP contribution in [0.4, 0.5) is 0 Å². The van der Waals surface area contributed by atoms with Crippen molar-refractivity contribution in [3.63, 3.8) is 0 Å². The molecule has 0 aromatic heterocycles. The van der Waals surface area contributed by atoms with Gasteiger partial charge in [0, 0.05) is 64.2 Å². The molecule has 1 aromatic rings. The van der Waals surface area contributed by atoms with Crippen LogP contribution in [0.25, 0.3) is 6.08 Å². The van der Waals surface area contributed by atoms with Crippen molar-refractivity contribution >= 4 is 17.9 Å². The second-order valence-corrected chi connectivity index (χ2v) is 11.8. The van der Waals surface area contributed by atoms with Gasteiger partial charge in [0.1, 0.15) is 5.75 Å². The van der Waals surface area contributed by atoms with Crippen LogP contribution in [0.3, 0.4) is 0 Å². The van der Waals surface area contributed by atoms with Gasteiger partial charge in [-0.1, -0.05) is 96.6 Å². The number of ether oxygens (including phenoxy) is 1. The highest BCUT2D eigenvalue weighted by Gasteiger charge is 2.24. The van der Waals surface area contributed by atoms with Crippen LogP contribution in [-0.4, -0.2) is 79.4 Å². The van der Waals surface area contributed by atoms with Crippen LogP contribution in [0.1, 0.15) is 91.0 Å². The molecule has 6 heteroatoms. The van der Waals surface area contributed by atoms with E-state index >= 15 is 0 Å². The zero-order valence-electron chi connectivity index (χ0n) is 24.8. The molecule has 0 unspecified atom stereocenters. The molecule has 0 N–H and O–H groups in total. The normalized spacial score (nSPS) is 14.7. The maximum atomic E-state index is 13.1. The molecule has 1 aliphatic rings. The first-order chi connectivity index (χ1) is 18.2. The van der Waals surface area contributed by atoms with Gasteiger partial charge in [0.25, 0.3) is 0 Å². The van der Waals surface area contributed by atoms with Gasteiger partial charge >= 0.3 is 0 Å². The average molecular weight is 528 g/mol. The Bertz CT molecular complexity index is 854. The molecular formula is C32H53N3O3. The summed E-state index contributed by atoms with van der Waals surface area (Å²) in [5.74, 6) is 1.32. The van der Waals surface area contributed by atoms with E-state index in [-0.39, 0.29) is 11.3 Å². The summed E-state index contributed by atoms with van der Waals surface area (Å²) in [6, 6.07) is 7.91. The Morgan fingerprint density at radius 1 is 0.974 bits per heavy atom. The number of carbonyl (C=O) groups is 2. The van der Waals surface area contributed by atoms with E-state index in [4.69, 9.17) is 4.74 Å². The van der Waals surface area contributed by atoms with Gasteiger partial charge in [-0.05, 0) is 17.9 Å². The lowest BCUT2D eigenvalue weighted by molar-refractivity contribution is -0.133. The van der Waals surface area contributed by atoms with E-state index in [0.717, 1.165) is 50.5 Å². The molecule has 0 atom stereocenters. The van der Waals surface area contributed by atoms with E-state index in [0.29, 0.717) is 31.8 Å². The topological polar surface area (TPSA) is 53.1 Å². The Balaban J connectivity index is 1.80. The summed E-state index contributed by atoms with van der Waals surface area (Å²) in [5, 5.41) is 0. The van der Waals surface area contributed by atoms with Crippen molar-refractivity contribution in [2.45, 2.75) is 85.5 Å². The number of hydrogen-bond donors (Lipinski definition) is 0. The second-order valence-electron chi connectivity index (χ2n) is 11.8. The van der Waals surface area contributed by atoms with E-state index in [1.807, 2.05) is 40.1 Å². The highest BCUT2D eigenvalue weighted by atomic mass is 16.5. The molecule has 6 nitrogen and oxygen atoms in total. The highest BCUT2D eigenvalue weighted by molar-refractivity contribution is 5.77. The average Bonchev–Trinajstić information content (AvgIpc) is 2.89. The van der Waals surface area contributed by atoms with Crippen LogP contribution in [0, 0.1) is 5.41 Å². The summed E-state index contributed by atoms with van der Waals surface area (Å²) in [6.07, 6.45) is 13.9. The molecular weight excluding hydrogens is 474 g/mol. The summed E-state index contributed by atoms with van der Waals surface area (Å²) in [4.78, 5) is 32.2. The Morgan fingerprint density at radius 2 is 1.63 bits per heavy atom. The van der Waals surface area contributed by atoms with Gasteiger partial charge in [-0.3, -0.25) is 14.5 Å². The third kappa shape index (κ3) is 12.5. The smallest absolute Gasteiger partial charge is 0.223 e. The first-order valence-electron chi connectivity index (χ1n) is 14.8. The first-order valence-corrected chi connectivity index (χ1v) is 14.8. The molecule has 214 valence electrons. The summed E-state index contributed by atoms with van der Waals surface area (Å²) < 4.78 is 5.45. The van der Waals surface area contributed by atoms with Crippen molar-refractivity contribution in [1.29, 1.82) is 0 Å². The first kappa shape index (κ1) is 31.9. The van der Waals surface area contributed by atoms with Crippen molar-refractivity contribution in [1.82, 2.24) is 14.7 Å². The molecule has 0 spiro atoms. The second kappa shape index (κ2) is 17.3. The lowest BCUT2D eigenvalue weighted by Crippen LogP contribution is -2.50. The molecule has 1 aliphatic heterocycles. The minimum atomic E-state index is -0.0524. The van der Waals surface area contributed by atoms with Crippen LogP contribution in [-0.2, 0) is 9.59 Å². The van der Waals surface area contributed by atoms with Gasteiger partial charge in [-0.15, -0.1) is 0 Å². The molecule has 38 heavy (non-hydrogen) atoms. The standard InChI is InChI=1S/C32H53N3O3/c1-6-7-8-9-10-11-12-19-30(36)35-25-22-33(23-26-35)21-24-34(31(37)27-32(2,3)4)20-15-17-28-16-13-14-18-29(28)38-5/h13-18H,6-12,19-27H2,1-5H3. The number of hydrogen-bond acceptors (Lipinski definition) is 4. The van der Waals surface area contributed by atoms with Gasteiger partial charge in [0.05, 0.1) is 7.11 Å². The van der Waals surface area contributed by atoms with Gasteiger partial charge in [-0.25, -0.2) is 0 Å². The predicted molar refractivity (Wildman–Crippen MR) is 158 cm³/mol. The Labute approximate surface area is 232 Å². The number of amides is 2. The SMILES string of the molecule is CCCCCCCCCC(=O)N1CCN(CCN(CC=Cc2ccccc2OC)C(=O)CC(C)(C)C)CC1. The maximum absolute atomic E-state index is 13.1. The number of piperazine rings is 1. The number of methoxy groups -OCH3 is 1. The van der Waals surface area contributed by atoms with Crippen LogP contribution in [0.2, 0.25) is 0 Å². The summed E-state index contributed by atoms with van der Waals surface area (Å²) in [5.41, 5.74) is 0.957. The van der Waals surface area contributed by atoms with Crippen LogP contribution in [0.15, 0.2) is 30.3 Å². The fraction of sp³-hybridized carbons (Fsp3) is 0.688. The molecule has 1 fully saturated rings. The molecule has 0 aliphatic carbocycles. The lowest BCUT2D eigenvalue weighted by Gasteiger charge is -2.36. The molecule has 2 amide bonds. The van der Waals surface area contributed by atoms with E-state index in [2.05, 4.69) is 38.7 Å². The minimum Gasteiger partial charge on any atom is -0.496 e. The van der Waals surface area contributed by atoms with E-state index in [1.54, 1.807) is 7.11 Å². The van der Waals surface area contributed by atoms with Crippen molar-refractivity contribution in [2.75, 3.05) is 52.9 Å². The number of nitrogens with zero attached hydrogens (tertiary/aromatic N) is 3. The molecule has 2 rings (SSSR count). The van der Waals surface area contributed by atoms with Crippen LogP contribution < -0.4 is 4.74 Å². The molecule has 1 heterocycles. The highest BCUT2D eigenvalue weighted by Crippen LogP contribution is 2.21. The van der Waals surface area contributed by atoms with Crippen molar-refractivity contribution in [3.05, 3.63) is 35.9 Å². The third-order valence-corrected chi connectivity index (χ3v) is 7.20. The number of rotatable bonds is 16. The van der Waals surface area contributed by atoms with Crippen molar-refractivity contribution in [2.24, 2.45) is 5.41 Å². The third-order valence-electron chi connectivity index (χ3n) is 7.20. The number of carbonyl (C=O) groups excluding carboxylic acids is 2. The van der Waals surface area contributed by atoms with Crippen LogP contribution in [0.5, 0.6) is 5.75 Å². The molecule has 0 saturated carbocycles. The molecule has 0 bridgehead atoms. The minimum absolute atomic E-state index is 0.0524. The van der Waals surface area contributed by atoms with Gasteiger partial charge in [-0.2, -0.15) is 0 Å². The molecule has 1 aromatic carbocycles. The number of para-hydroxylation sites is 1. The maximum Gasteiger partial charge on any atom is 0.223 e. The summed E-state index contributed by atoms with van der Waals surface area (Å²) >= 11 is 0. The van der Waals surface area contributed by atoms with Crippen molar-refractivity contribution < 1.29 is 14.3 Å². The lowest BCUT2D eigenvalue weighted by atomic mass is 9.91. The van der Waals surface area contributed by atoms with E-state index < -0.39 is 0 Å². The van der Waals surface area contributed by atoms with Gasteiger partial charge in [0.2, 0.25) is 11.8 Å². The van der Waals surface area contributed by atoms with Crippen LogP contribution >= 0.6 is 0 Å². The zero-order valence-corrected chi connectivity index (χ0v) is 24.8. The fourth-order valence-electron chi connectivity index (χ4n) is 4.87. The summed E-state index contributed by atoms with van der Waals surface area (Å²) in [6.45, 7) is 14.0. The number of benzene rings is 1. The Morgan fingerprint density at radius 3 is 2.29 bits per heavy atom. The fourth-order valence-corrected chi connectivity index (χ4v) is 4.87. The Hall–Kier alpha value is -2.34. The van der Waals surface area contributed by atoms with Gasteiger partial charge in [0.15, 0.2) is 0 Å². The zero-order chi connectivity index (χ0) is 27.8. The number of unbranched alkanes of at least 4 members (excludes halogenated alkanes) is 6. The van der Waals surface area contributed by atoms with E-state index in [9.17, 15) is 9.59 Å². The van der Waals surface area contributed by atoms with Gasteiger partial charge < -0.3 is 14.5 Å². The van der Waals surface area contributed by atoms with E-state index in [1.165, 1.54) is 38.5 Å². The summed E-state index contributed by atoms with van der Waals surface area (Å²) in [7, 11) is 1.68. The predicted octanol–water partition coefficient (Wildman–Crippen LogP) is 6.26. The molecule has 0 radical (unpaired) electrons. The monoisotopic (exact) mass is 527 g/mol. The quantitative estimate of drug-likeness (QED) is 0.238.